The second-order valence-electron chi connectivity index (χ2n) is 6.43. The van der Waals surface area contributed by atoms with Crippen molar-refractivity contribution in [3.05, 3.63) is 83.6 Å². The minimum atomic E-state index is -3.88. The molecule has 0 fully saturated rings. The maximum Gasteiger partial charge on any atom is 0.264 e. The Morgan fingerprint density at radius 1 is 1.11 bits per heavy atom. The molecular weight excluding hydrogens is 374 g/mol. The molecule has 0 heterocycles. The molecule has 0 radical (unpaired) electrons. The fraction of sp³-hybridized carbons (Fsp3) is 0.227. The zero-order valence-electron chi connectivity index (χ0n) is 16.0. The summed E-state index contributed by atoms with van der Waals surface area (Å²) in [5, 5.41) is 0. The molecule has 0 spiro atoms. The first kappa shape index (κ1) is 19.9. The fourth-order valence-electron chi connectivity index (χ4n) is 3.20. The molecule has 0 atom stereocenters. The number of ketones is 1. The van der Waals surface area contributed by atoms with Crippen LogP contribution in [0.4, 0.5) is 0 Å². The van der Waals surface area contributed by atoms with E-state index in [4.69, 9.17) is 4.74 Å². The standard InChI is InChI=1S/C22H23NO4S/c1-3-21(20-10-7-11-22(20)24)23(16-17-8-5-4-6-9-17)28(25,26)19-14-12-18(27-2)13-15-19/h3-6,8-10,12-15H,7,11,16H2,1-2H3/b21-3-. The fourth-order valence-corrected chi connectivity index (χ4v) is 4.72. The molecule has 0 amide bonds. The van der Waals surface area contributed by atoms with E-state index in [1.807, 2.05) is 36.4 Å². The molecule has 0 saturated carbocycles. The van der Waals surface area contributed by atoms with Crippen LogP contribution in [0.3, 0.4) is 0 Å². The molecule has 0 aliphatic heterocycles. The van der Waals surface area contributed by atoms with Crippen molar-refractivity contribution in [2.45, 2.75) is 31.2 Å². The highest BCUT2D eigenvalue weighted by molar-refractivity contribution is 7.89. The highest BCUT2D eigenvalue weighted by Gasteiger charge is 2.31. The molecular formula is C22H23NO4S. The highest BCUT2D eigenvalue weighted by Crippen LogP contribution is 2.31. The Bertz CT molecular complexity index is 1010. The van der Waals surface area contributed by atoms with Crippen molar-refractivity contribution in [3.63, 3.8) is 0 Å². The van der Waals surface area contributed by atoms with Crippen LogP contribution in [0.15, 0.2) is 82.9 Å². The maximum absolute atomic E-state index is 13.5. The summed E-state index contributed by atoms with van der Waals surface area (Å²) >= 11 is 0. The van der Waals surface area contributed by atoms with Crippen molar-refractivity contribution < 1.29 is 17.9 Å². The summed E-state index contributed by atoms with van der Waals surface area (Å²) in [5.74, 6) is 0.546. The zero-order chi connectivity index (χ0) is 20.1. The number of allylic oxidation sites excluding steroid dienone is 3. The molecule has 0 aromatic heterocycles. The van der Waals surface area contributed by atoms with Crippen molar-refractivity contribution in [3.8, 4) is 5.75 Å². The van der Waals surface area contributed by atoms with Gasteiger partial charge in [-0.15, -0.1) is 0 Å². The van der Waals surface area contributed by atoms with Gasteiger partial charge in [0.2, 0.25) is 0 Å². The largest absolute Gasteiger partial charge is 0.497 e. The van der Waals surface area contributed by atoms with Gasteiger partial charge >= 0.3 is 0 Å². The van der Waals surface area contributed by atoms with Gasteiger partial charge in [-0.25, -0.2) is 8.42 Å². The van der Waals surface area contributed by atoms with E-state index in [0.717, 1.165) is 5.56 Å². The van der Waals surface area contributed by atoms with Gasteiger partial charge in [-0.2, -0.15) is 0 Å². The monoisotopic (exact) mass is 397 g/mol. The first-order chi connectivity index (χ1) is 13.5. The van der Waals surface area contributed by atoms with Gasteiger partial charge in [-0.05, 0) is 43.2 Å². The summed E-state index contributed by atoms with van der Waals surface area (Å²) < 4.78 is 33.5. The molecule has 6 heteroatoms. The summed E-state index contributed by atoms with van der Waals surface area (Å²) in [6.07, 6.45) is 4.56. The average molecular weight is 397 g/mol. The number of Topliss-reactive ketones (excluding diaryl/α,β-unsaturated/α-hetero) is 1. The topological polar surface area (TPSA) is 63.7 Å². The van der Waals surface area contributed by atoms with Crippen molar-refractivity contribution in [1.29, 1.82) is 0 Å². The van der Waals surface area contributed by atoms with Crippen molar-refractivity contribution >= 4 is 15.8 Å². The van der Waals surface area contributed by atoms with E-state index in [9.17, 15) is 13.2 Å². The second kappa shape index (κ2) is 8.44. The molecule has 0 saturated heterocycles. The number of sulfonamides is 1. The molecule has 5 nitrogen and oxygen atoms in total. The summed E-state index contributed by atoms with van der Waals surface area (Å²) in [6, 6.07) is 15.6. The lowest BCUT2D eigenvalue weighted by atomic mass is 10.1. The van der Waals surface area contributed by atoms with E-state index in [0.29, 0.717) is 29.9 Å². The Morgan fingerprint density at radius 2 is 1.79 bits per heavy atom. The van der Waals surface area contributed by atoms with Crippen LogP contribution >= 0.6 is 0 Å². The number of hydrogen-bond donors (Lipinski definition) is 0. The number of benzene rings is 2. The maximum atomic E-state index is 13.5. The average Bonchev–Trinajstić information content (AvgIpc) is 3.14. The summed E-state index contributed by atoms with van der Waals surface area (Å²) in [4.78, 5) is 12.5. The normalized spacial score (nSPS) is 14.7. The first-order valence-electron chi connectivity index (χ1n) is 9.08. The number of rotatable bonds is 7. The van der Waals surface area contributed by atoms with Gasteiger partial charge in [0, 0.05) is 12.0 Å². The van der Waals surface area contributed by atoms with Crippen LogP contribution in [-0.4, -0.2) is 25.6 Å². The van der Waals surface area contributed by atoms with Gasteiger partial charge < -0.3 is 4.74 Å². The smallest absolute Gasteiger partial charge is 0.264 e. The summed E-state index contributed by atoms with van der Waals surface area (Å²) in [5.41, 5.74) is 1.72. The second-order valence-corrected chi connectivity index (χ2v) is 8.29. The van der Waals surface area contributed by atoms with Crippen LogP contribution in [0, 0.1) is 0 Å². The number of carbonyl (C=O) groups excluding carboxylic acids is 1. The highest BCUT2D eigenvalue weighted by atomic mass is 32.2. The van der Waals surface area contributed by atoms with E-state index in [1.165, 1.54) is 23.5 Å². The van der Waals surface area contributed by atoms with E-state index in [1.54, 1.807) is 25.1 Å². The molecule has 146 valence electrons. The molecule has 0 N–H and O–H groups in total. The molecule has 0 bridgehead atoms. The minimum absolute atomic E-state index is 0.0314. The number of methoxy groups -OCH3 is 1. The van der Waals surface area contributed by atoms with E-state index < -0.39 is 10.0 Å². The van der Waals surface area contributed by atoms with Crippen LogP contribution in [-0.2, 0) is 21.4 Å². The molecule has 1 aliphatic rings. The van der Waals surface area contributed by atoms with Crippen LogP contribution in [0.25, 0.3) is 0 Å². The van der Waals surface area contributed by atoms with E-state index >= 15 is 0 Å². The summed E-state index contributed by atoms with van der Waals surface area (Å²) in [7, 11) is -2.35. The third-order valence-electron chi connectivity index (χ3n) is 4.65. The van der Waals surface area contributed by atoms with Crippen molar-refractivity contribution in [1.82, 2.24) is 4.31 Å². The number of ether oxygens (including phenoxy) is 1. The number of hydrogen-bond acceptors (Lipinski definition) is 4. The third kappa shape index (κ3) is 4.02. The lowest BCUT2D eigenvalue weighted by molar-refractivity contribution is -0.114. The summed E-state index contributed by atoms with van der Waals surface area (Å²) in [6.45, 7) is 1.89. The van der Waals surface area contributed by atoms with Gasteiger partial charge in [-0.1, -0.05) is 42.5 Å². The molecule has 1 aliphatic carbocycles. The zero-order valence-corrected chi connectivity index (χ0v) is 16.8. The van der Waals surface area contributed by atoms with Crippen LogP contribution in [0.5, 0.6) is 5.75 Å². The van der Waals surface area contributed by atoms with Gasteiger partial charge in [0.15, 0.2) is 5.78 Å². The van der Waals surface area contributed by atoms with Gasteiger partial charge in [-0.3, -0.25) is 9.10 Å². The molecule has 3 rings (SSSR count). The van der Waals surface area contributed by atoms with E-state index in [2.05, 4.69) is 0 Å². The molecule has 2 aromatic carbocycles. The predicted molar refractivity (Wildman–Crippen MR) is 108 cm³/mol. The van der Waals surface area contributed by atoms with Crippen molar-refractivity contribution in [2.24, 2.45) is 0 Å². The third-order valence-corrected chi connectivity index (χ3v) is 6.43. The van der Waals surface area contributed by atoms with Gasteiger partial charge in [0.05, 0.1) is 24.2 Å². The predicted octanol–water partition coefficient (Wildman–Crippen LogP) is 4.08. The molecule has 2 aromatic rings. The Balaban J connectivity index is 2.07. The lowest BCUT2D eigenvalue weighted by Crippen LogP contribution is -2.31. The Labute approximate surface area is 166 Å². The van der Waals surface area contributed by atoms with Crippen LogP contribution in [0.2, 0.25) is 0 Å². The van der Waals surface area contributed by atoms with Gasteiger partial charge in [0.25, 0.3) is 10.0 Å². The van der Waals surface area contributed by atoms with Crippen molar-refractivity contribution in [2.75, 3.05) is 7.11 Å². The lowest BCUT2D eigenvalue weighted by Gasteiger charge is -2.27. The first-order valence-corrected chi connectivity index (χ1v) is 10.5. The Morgan fingerprint density at radius 3 is 2.32 bits per heavy atom. The SMILES string of the molecule is C/C=C(/C1=CCCC1=O)N(Cc1ccccc1)S(=O)(=O)c1ccc(OC)cc1. The van der Waals surface area contributed by atoms with Gasteiger partial charge in [0.1, 0.15) is 5.75 Å². The molecule has 28 heavy (non-hydrogen) atoms. The van der Waals surface area contributed by atoms with Crippen LogP contribution in [0.1, 0.15) is 25.3 Å². The number of carbonyl (C=O) groups is 1. The van der Waals surface area contributed by atoms with Crippen LogP contribution < -0.4 is 4.74 Å². The Hall–Kier alpha value is -2.86. The minimum Gasteiger partial charge on any atom is -0.497 e. The number of nitrogens with zero attached hydrogens (tertiary/aromatic N) is 1. The Kier molecular flexibility index (Phi) is 5.99. The molecule has 0 unspecified atom stereocenters. The quantitative estimate of drug-likeness (QED) is 0.706. The van der Waals surface area contributed by atoms with E-state index in [-0.39, 0.29) is 17.2 Å².